The van der Waals surface area contributed by atoms with Crippen LogP contribution >= 0.6 is 0 Å². The SMILES string of the molecule is CC1CC2CC(C)(C)CC2C2(C)CC12C. The lowest BCUT2D eigenvalue weighted by Gasteiger charge is -2.40. The monoisotopic (exact) mass is 206 g/mol. The maximum Gasteiger partial charge on any atom is -0.0233 e. The van der Waals surface area contributed by atoms with Gasteiger partial charge in [0.05, 0.1) is 0 Å². The molecule has 3 aliphatic carbocycles. The van der Waals surface area contributed by atoms with Gasteiger partial charge in [-0.25, -0.2) is 0 Å². The van der Waals surface area contributed by atoms with Crippen LogP contribution in [0.3, 0.4) is 0 Å². The van der Waals surface area contributed by atoms with Gasteiger partial charge in [0.25, 0.3) is 0 Å². The zero-order chi connectivity index (χ0) is 11.1. The normalized spacial score (nSPS) is 61.0. The van der Waals surface area contributed by atoms with E-state index < -0.39 is 0 Å². The molecule has 0 spiro atoms. The van der Waals surface area contributed by atoms with E-state index in [0.717, 1.165) is 17.8 Å². The van der Waals surface area contributed by atoms with Crippen LogP contribution in [0.1, 0.15) is 60.3 Å². The van der Waals surface area contributed by atoms with Gasteiger partial charge < -0.3 is 0 Å². The molecule has 3 rings (SSSR count). The molecular weight excluding hydrogens is 180 g/mol. The van der Waals surface area contributed by atoms with Crippen molar-refractivity contribution < 1.29 is 0 Å². The van der Waals surface area contributed by atoms with Gasteiger partial charge in [0.2, 0.25) is 0 Å². The number of rotatable bonds is 0. The minimum absolute atomic E-state index is 0.631. The molecule has 0 nitrogen and oxygen atoms in total. The van der Waals surface area contributed by atoms with Crippen molar-refractivity contribution in [2.24, 2.45) is 34.0 Å². The third kappa shape index (κ3) is 1.09. The van der Waals surface area contributed by atoms with Crippen LogP contribution in [-0.2, 0) is 0 Å². The zero-order valence-electron chi connectivity index (χ0n) is 11.1. The largest absolute Gasteiger partial charge is 0.0620 e. The molecule has 5 atom stereocenters. The van der Waals surface area contributed by atoms with E-state index in [4.69, 9.17) is 0 Å². The van der Waals surface area contributed by atoms with E-state index in [1.54, 1.807) is 0 Å². The van der Waals surface area contributed by atoms with Crippen molar-refractivity contribution in [1.29, 1.82) is 0 Å². The van der Waals surface area contributed by atoms with Crippen LogP contribution in [0.5, 0.6) is 0 Å². The molecule has 3 fully saturated rings. The van der Waals surface area contributed by atoms with Gasteiger partial charge in [-0.1, -0.05) is 34.6 Å². The molecule has 5 unspecified atom stereocenters. The first-order valence-electron chi connectivity index (χ1n) is 6.79. The summed E-state index contributed by atoms with van der Waals surface area (Å²) in [6, 6.07) is 0. The Labute approximate surface area is 94.8 Å². The van der Waals surface area contributed by atoms with Crippen molar-refractivity contribution in [2.45, 2.75) is 60.3 Å². The maximum atomic E-state index is 2.59. The van der Waals surface area contributed by atoms with E-state index in [0.29, 0.717) is 16.2 Å². The summed E-state index contributed by atoms with van der Waals surface area (Å²) >= 11 is 0. The maximum absolute atomic E-state index is 2.59. The highest BCUT2D eigenvalue weighted by molar-refractivity contribution is 5.20. The Morgan fingerprint density at radius 2 is 1.60 bits per heavy atom. The van der Waals surface area contributed by atoms with Crippen molar-refractivity contribution in [3.05, 3.63) is 0 Å². The van der Waals surface area contributed by atoms with Gasteiger partial charge in [0, 0.05) is 0 Å². The molecule has 0 bridgehead atoms. The average molecular weight is 206 g/mol. The first-order chi connectivity index (χ1) is 6.79. The number of hydrogen-bond donors (Lipinski definition) is 0. The number of fused-ring (bicyclic) bond motifs is 3. The van der Waals surface area contributed by atoms with E-state index in [1.807, 2.05) is 0 Å². The summed E-state index contributed by atoms with van der Waals surface area (Å²) in [5.74, 6) is 3.07. The van der Waals surface area contributed by atoms with Crippen LogP contribution in [0.4, 0.5) is 0 Å². The minimum Gasteiger partial charge on any atom is -0.0620 e. The summed E-state index contributed by atoms with van der Waals surface area (Å²) in [7, 11) is 0. The molecule has 15 heavy (non-hydrogen) atoms. The molecule has 3 saturated carbocycles. The van der Waals surface area contributed by atoms with Crippen molar-refractivity contribution >= 4 is 0 Å². The average Bonchev–Trinajstić information content (AvgIpc) is 2.51. The van der Waals surface area contributed by atoms with Gasteiger partial charge in [-0.05, 0) is 59.7 Å². The zero-order valence-corrected chi connectivity index (χ0v) is 11.1. The summed E-state index contributed by atoms with van der Waals surface area (Å²) in [5.41, 5.74) is 2.05. The molecule has 86 valence electrons. The molecule has 0 aromatic heterocycles. The van der Waals surface area contributed by atoms with Gasteiger partial charge in [-0.2, -0.15) is 0 Å². The van der Waals surface area contributed by atoms with Crippen molar-refractivity contribution in [1.82, 2.24) is 0 Å². The van der Waals surface area contributed by atoms with Gasteiger partial charge in [-0.15, -0.1) is 0 Å². The fourth-order valence-electron chi connectivity index (χ4n) is 5.42. The Morgan fingerprint density at radius 3 is 2.27 bits per heavy atom. The first-order valence-corrected chi connectivity index (χ1v) is 6.79. The van der Waals surface area contributed by atoms with Gasteiger partial charge in [0.1, 0.15) is 0 Å². The predicted octanol–water partition coefficient (Wildman–Crippen LogP) is 4.49. The highest BCUT2D eigenvalue weighted by Gasteiger charge is 2.71. The lowest BCUT2D eigenvalue weighted by atomic mass is 9.65. The Hall–Kier alpha value is 0. The molecule has 0 heterocycles. The van der Waals surface area contributed by atoms with Crippen LogP contribution in [0, 0.1) is 34.0 Å². The van der Waals surface area contributed by atoms with E-state index in [-0.39, 0.29) is 0 Å². The standard InChI is InChI=1S/C15H26/c1-10-6-11-7-13(2,3)8-12(11)15(5)9-14(10,15)4/h10-12H,6-9H2,1-5H3. The van der Waals surface area contributed by atoms with E-state index >= 15 is 0 Å². The van der Waals surface area contributed by atoms with Crippen LogP contribution < -0.4 is 0 Å². The second kappa shape index (κ2) is 2.46. The third-order valence-electron chi connectivity index (χ3n) is 6.63. The van der Waals surface area contributed by atoms with Gasteiger partial charge in [-0.3, -0.25) is 0 Å². The highest BCUT2D eigenvalue weighted by atomic mass is 14.8. The van der Waals surface area contributed by atoms with E-state index in [1.165, 1.54) is 25.7 Å². The molecule has 0 aromatic rings. The first kappa shape index (κ1) is 10.2. The third-order valence-corrected chi connectivity index (χ3v) is 6.63. The number of hydrogen-bond acceptors (Lipinski definition) is 0. The molecule has 0 N–H and O–H groups in total. The summed E-state index contributed by atoms with van der Waals surface area (Å²) in [5, 5.41) is 0. The van der Waals surface area contributed by atoms with Gasteiger partial charge in [0.15, 0.2) is 0 Å². The summed E-state index contributed by atoms with van der Waals surface area (Å²) in [6.07, 6.45) is 6.02. The molecule has 3 aliphatic rings. The molecule has 0 aliphatic heterocycles. The minimum atomic E-state index is 0.631. The van der Waals surface area contributed by atoms with Crippen LogP contribution in [0.15, 0.2) is 0 Å². The summed E-state index contributed by atoms with van der Waals surface area (Å²) in [6.45, 7) is 12.6. The fraction of sp³-hybridized carbons (Fsp3) is 1.00. The molecule has 0 amide bonds. The lowest BCUT2D eigenvalue weighted by molar-refractivity contribution is 0.0849. The van der Waals surface area contributed by atoms with E-state index in [2.05, 4.69) is 34.6 Å². The van der Waals surface area contributed by atoms with Crippen LogP contribution in [0.2, 0.25) is 0 Å². The molecule has 0 aromatic carbocycles. The van der Waals surface area contributed by atoms with Crippen molar-refractivity contribution in [2.75, 3.05) is 0 Å². The Balaban J connectivity index is 1.93. The summed E-state index contributed by atoms with van der Waals surface area (Å²) < 4.78 is 0. The quantitative estimate of drug-likeness (QED) is 0.547. The Bertz CT molecular complexity index is 303. The van der Waals surface area contributed by atoms with Crippen LogP contribution in [0.25, 0.3) is 0 Å². The molecular formula is C15H26. The second-order valence-corrected chi connectivity index (χ2v) is 8.09. The lowest BCUT2D eigenvalue weighted by Crippen LogP contribution is -2.33. The fourth-order valence-corrected chi connectivity index (χ4v) is 5.42. The molecule has 0 heteroatoms. The summed E-state index contributed by atoms with van der Waals surface area (Å²) in [4.78, 5) is 0. The topological polar surface area (TPSA) is 0 Å². The van der Waals surface area contributed by atoms with Crippen LogP contribution in [-0.4, -0.2) is 0 Å². The van der Waals surface area contributed by atoms with Crippen molar-refractivity contribution in [3.63, 3.8) is 0 Å². The van der Waals surface area contributed by atoms with Gasteiger partial charge >= 0.3 is 0 Å². The molecule has 0 radical (unpaired) electrons. The second-order valence-electron chi connectivity index (χ2n) is 8.09. The molecule has 0 saturated heterocycles. The highest BCUT2D eigenvalue weighted by Crippen LogP contribution is 2.79. The van der Waals surface area contributed by atoms with E-state index in [9.17, 15) is 0 Å². The van der Waals surface area contributed by atoms with Crippen molar-refractivity contribution in [3.8, 4) is 0 Å². The Kier molecular flexibility index (Phi) is 1.67. The predicted molar refractivity (Wildman–Crippen MR) is 64.6 cm³/mol. The smallest absolute Gasteiger partial charge is 0.0233 e. The Morgan fingerprint density at radius 1 is 0.933 bits per heavy atom.